The second-order valence-electron chi connectivity index (χ2n) is 8.34. The maximum absolute atomic E-state index is 12.1. The molecular weight excluding hydrogens is 760 g/mol. The summed E-state index contributed by atoms with van der Waals surface area (Å²) in [6.07, 6.45) is 2.13. The van der Waals surface area contributed by atoms with Gasteiger partial charge in [-0.2, -0.15) is 27.1 Å². The number of rotatable bonds is 10. The molecule has 246 valence electrons. The van der Waals surface area contributed by atoms with Gasteiger partial charge in [0.05, 0.1) is 11.4 Å². The molecule has 2 radical (unpaired) electrons. The Kier molecular flexibility index (Phi) is 11.8. The van der Waals surface area contributed by atoms with Gasteiger partial charge >= 0.3 is 46.1 Å². The molecular formula is C22H16Cu2N8O12S2+4. The van der Waals surface area contributed by atoms with Crippen molar-refractivity contribution in [1.29, 1.82) is 0 Å². The molecule has 46 heavy (non-hydrogen) atoms. The SMILES string of the molecule is O=C(O)c1[nH][nH]c(=O)c1N=Nc1ccc(/C=C/c2ccc(N=Nc3c(C(=O)O)[nH][nH]c3=O)cc2S(=O)(=O)O)c(S(=O)(=O)O)c1.[Cu+2].[Cu+2]. The second kappa shape index (κ2) is 14.5. The standard InChI is InChI=1S/C22H16N8O12S2.2Cu/c31-19-15(17(21(33)34)27-29-19)25-23-11-5-3-9(13(7-11)43(37,38)39)1-2-10-4-6-12(8-14(10)44(40,41)42)24-26-16-18(22(35)36)28-30-20(16)32;;/h1-8H,(H,33,34)(H,35,36)(H2,27,29,31)(H2,28,30,32)(H,37,38,39)(H,40,41,42);;/q;2*+2/b2-1+,25-23?,26-24?;;. The van der Waals surface area contributed by atoms with E-state index in [1.54, 1.807) is 0 Å². The Bertz CT molecular complexity index is 2090. The molecule has 0 atom stereocenters. The number of nitrogens with one attached hydrogen (secondary N) is 4. The molecule has 0 aliphatic heterocycles. The van der Waals surface area contributed by atoms with Crippen LogP contribution in [-0.4, -0.2) is 68.5 Å². The van der Waals surface area contributed by atoms with Crippen molar-refractivity contribution in [3.63, 3.8) is 0 Å². The predicted octanol–water partition coefficient (Wildman–Crippen LogP) is 2.61. The van der Waals surface area contributed by atoms with E-state index in [9.17, 15) is 45.1 Å². The van der Waals surface area contributed by atoms with Crippen LogP contribution in [0.2, 0.25) is 0 Å². The normalized spacial score (nSPS) is 12.0. The molecule has 2 aromatic heterocycles. The topological polar surface area (TPSA) is 330 Å². The second-order valence-corrected chi connectivity index (χ2v) is 11.1. The van der Waals surface area contributed by atoms with Crippen LogP contribution < -0.4 is 11.1 Å². The van der Waals surface area contributed by atoms with Crippen LogP contribution in [-0.2, 0) is 54.4 Å². The van der Waals surface area contributed by atoms with E-state index in [1.807, 2.05) is 10.2 Å². The quantitative estimate of drug-likeness (QED) is 0.0499. The summed E-state index contributed by atoms with van der Waals surface area (Å²) in [6, 6.07) is 6.28. The van der Waals surface area contributed by atoms with Crippen molar-refractivity contribution in [1.82, 2.24) is 20.4 Å². The van der Waals surface area contributed by atoms with E-state index in [2.05, 4.69) is 30.7 Å². The number of carboxylic acid groups (broad SMARTS) is 2. The smallest absolute Gasteiger partial charge is 0.476 e. The van der Waals surface area contributed by atoms with Gasteiger partial charge in [-0.1, -0.05) is 24.3 Å². The first-order valence-corrected chi connectivity index (χ1v) is 14.3. The molecule has 20 nitrogen and oxygen atoms in total. The third-order valence-corrected chi connectivity index (χ3v) is 7.28. The number of carboxylic acids is 2. The molecule has 0 bridgehead atoms. The van der Waals surface area contributed by atoms with Crippen LogP contribution in [0.15, 0.2) is 76.2 Å². The minimum atomic E-state index is -4.94. The Hall–Kier alpha value is -4.80. The van der Waals surface area contributed by atoms with Gasteiger partial charge in [-0.3, -0.25) is 39.1 Å². The van der Waals surface area contributed by atoms with Crippen LogP contribution in [0.3, 0.4) is 0 Å². The van der Waals surface area contributed by atoms with E-state index in [-0.39, 0.29) is 56.6 Å². The zero-order chi connectivity index (χ0) is 32.4. The summed E-state index contributed by atoms with van der Waals surface area (Å²) in [7, 11) is -9.88. The van der Waals surface area contributed by atoms with E-state index in [4.69, 9.17) is 10.2 Å². The van der Waals surface area contributed by atoms with Crippen LogP contribution in [0.1, 0.15) is 32.1 Å². The number of aromatic nitrogens is 4. The molecule has 0 aliphatic rings. The van der Waals surface area contributed by atoms with Crippen LogP contribution in [0.4, 0.5) is 22.7 Å². The number of hydrogen-bond donors (Lipinski definition) is 8. The van der Waals surface area contributed by atoms with E-state index < -0.39 is 75.8 Å². The summed E-state index contributed by atoms with van der Waals surface area (Å²) in [5.41, 5.74) is -5.16. The Morgan fingerprint density at radius 2 is 0.957 bits per heavy atom. The maximum atomic E-state index is 12.1. The fraction of sp³-hybridized carbons (Fsp3) is 0. The molecule has 0 spiro atoms. The number of benzene rings is 2. The van der Waals surface area contributed by atoms with Crippen LogP contribution in [0.25, 0.3) is 12.2 Å². The van der Waals surface area contributed by atoms with Crippen LogP contribution >= 0.6 is 0 Å². The Balaban J connectivity index is 0.00000368. The third-order valence-electron chi connectivity index (χ3n) is 5.46. The van der Waals surface area contributed by atoms with Crippen molar-refractivity contribution in [2.75, 3.05) is 0 Å². The summed E-state index contributed by atoms with van der Waals surface area (Å²) < 4.78 is 67.8. The van der Waals surface area contributed by atoms with E-state index >= 15 is 0 Å². The summed E-state index contributed by atoms with van der Waals surface area (Å²) in [5, 5.41) is 40.7. The first kappa shape index (κ1) is 37.4. The zero-order valence-corrected chi connectivity index (χ0v) is 25.4. The fourth-order valence-electron chi connectivity index (χ4n) is 3.49. The molecule has 0 amide bonds. The molecule has 24 heteroatoms. The average Bonchev–Trinajstić information content (AvgIpc) is 3.50. The number of aromatic carboxylic acids is 2. The molecule has 0 fully saturated rings. The van der Waals surface area contributed by atoms with Crippen LogP contribution in [0, 0.1) is 0 Å². The van der Waals surface area contributed by atoms with E-state index in [0.29, 0.717) is 0 Å². The third kappa shape index (κ3) is 8.47. The molecule has 0 aliphatic carbocycles. The van der Waals surface area contributed by atoms with Crippen molar-refractivity contribution in [2.45, 2.75) is 9.79 Å². The first-order chi connectivity index (χ1) is 20.6. The summed E-state index contributed by atoms with van der Waals surface area (Å²) in [5.74, 6) is -3.06. The fourth-order valence-corrected chi connectivity index (χ4v) is 4.90. The van der Waals surface area contributed by atoms with Crippen molar-refractivity contribution >= 4 is 67.1 Å². The van der Waals surface area contributed by atoms with E-state index in [0.717, 1.165) is 36.4 Å². The minimum Gasteiger partial charge on any atom is -0.476 e. The molecule has 4 aromatic rings. The number of nitrogens with zero attached hydrogens (tertiary/aromatic N) is 4. The van der Waals surface area contributed by atoms with Crippen molar-refractivity contribution in [3.8, 4) is 0 Å². The monoisotopic (exact) mass is 774 g/mol. The van der Waals surface area contributed by atoms with Crippen LogP contribution in [0.5, 0.6) is 0 Å². The van der Waals surface area contributed by atoms with E-state index in [1.165, 1.54) is 12.1 Å². The largest absolute Gasteiger partial charge is 2.00 e. The van der Waals surface area contributed by atoms with Gasteiger partial charge in [0.25, 0.3) is 31.4 Å². The van der Waals surface area contributed by atoms with Gasteiger partial charge in [0.1, 0.15) is 9.79 Å². The number of H-pyrrole nitrogens is 4. The number of aromatic amines is 4. The predicted molar refractivity (Wildman–Crippen MR) is 147 cm³/mol. The molecule has 0 saturated heterocycles. The van der Waals surface area contributed by atoms with Gasteiger partial charge in [-0.15, -0.1) is 10.2 Å². The average molecular weight is 776 g/mol. The van der Waals surface area contributed by atoms with Crippen molar-refractivity contribution < 1.29 is 79.9 Å². The molecule has 4 rings (SSSR count). The Morgan fingerprint density at radius 1 is 0.609 bits per heavy atom. The Labute approximate surface area is 276 Å². The molecule has 2 aromatic carbocycles. The molecule has 0 saturated carbocycles. The van der Waals surface area contributed by atoms with Crippen molar-refractivity contribution in [2.24, 2.45) is 20.5 Å². The number of azo groups is 2. The molecule has 2 heterocycles. The van der Waals surface area contributed by atoms with Gasteiger partial charge in [0.15, 0.2) is 22.8 Å². The Morgan fingerprint density at radius 3 is 1.26 bits per heavy atom. The molecule has 0 unspecified atom stereocenters. The van der Waals surface area contributed by atoms with Gasteiger partial charge in [0.2, 0.25) is 0 Å². The van der Waals surface area contributed by atoms with Gasteiger partial charge in [-0.05, 0) is 35.4 Å². The zero-order valence-electron chi connectivity index (χ0n) is 21.9. The maximum Gasteiger partial charge on any atom is 2.00 e. The number of hydrogen-bond acceptors (Lipinski definition) is 12. The molecule has 8 N–H and O–H groups in total. The van der Waals surface area contributed by atoms with Crippen molar-refractivity contribution in [3.05, 3.63) is 79.6 Å². The summed E-state index contributed by atoms with van der Waals surface area (Å²) >= 11 is 0. The first-order valence-electron chi connectivity index (χ1n) is 11.4. The summed E-state index contributed by atoms with van der Waals surface area (Å²) in [6.45, 7) is 0. The van der Waals surface area contributed by atoms with Gasteiger partial charge < -0.3 is 10.2 Å². The number of carbonyl (C=O) groups is 2. The minimum absolute atomic E-state index is 0. The van der Waals surface area contributed by atoms with Gasteiger partial charge in [-0.25, -0.2) is 9.59 Å². The van der Waals surface area contributed by atoms with Gasteiger partial charge in [0, 0.05) is 0 Å². The summed E-state index contributed by atoms with van der Waals surface area (Å²) in [4.78, 5) is 44.4.